The Bertz CT molecular complexity index is 548. The van der Waals surface area contributed by atoms with E-state index in [-0.39, 0.29) is 11.8 Å². The number of carbonyl (C=O) groups excluding carboxylic acids is 1. The lowest BCUT2D eigenvalue weighted by Gasteiger charge is -2.12. The molecule has 5 nitrogen and oxygen atoms in total. The smallest absolute Gasteiger partial charge is 0.228 e. The third kappa shape index (κ3) is 4.72. The molecule has 0 aliphatic heterocycles. The van der Waals surface area contributed by atoms with Crippen molar-refractivity contribution in [1.29, 1.82) is 0 Å². The Morgan fingerprint density at radius 1 is 1.33 bits per heavy atom. The fraction of sp³-hybridized carbons (Fsp3) is 0.375. The van der Waals surface area contributed by atoms with Crippen LogP contribution >= 0.6 is 0 Å². The summed E-state index contributed by atoms with van der Waals surface area (Å²) in [5.74, 6) is -0.00974. The molecule has 2 aromatic rings. The van der Waals surface area contributed by atoms with E-state index < -0.39 is 0 Å². The molecule has 5 heteroatoms. The van der Waals surface area contributed by atoms with Crippen molar-refractivity contribution in [2.45, 2.75) is 20.4 Å². The normalized spacial score (nSPS) is 12.1. The third-order valence-corrected chi connectivity index (χ3v) is 3.27. The van der Waals surface area contributed by atoms with Crippen LogP contribution in [0, 0.1) is 5.92 Å². The predicted octanol–water partition coefficient (Wildman–Crippen LogP) is 2.12. The van der Waals surface area contributed by atoms with Gasteiger partial charge in [0.15, 0.2) is 0 Å². The molecule has 112 valence electrons. The fourth-order valence-electron chi connectivity index (χ4n) is 1.99. The van der Waals surface area contributed by atoms with Crippen LogP contribution < -0.4 is 10.6 Å². The Hall–Kier alpha value is -2.14. The first-order chi connectivity index (χ1) is 10.2. The van der Waals surface area contributed by atoms with Crippen LogP contribution in [0.15, 0.2) is 42.7 Å². The maximum atomic E-state index is 12.0. The lowest BCUT2D eigenvalue weighted by Crippen LogP contribution is -2.30. The maximum absolute atomic E-state index is 12.0. The van der Waals surface area contributed by atoms with Crippen LogP contribution in [-0.4, -0.2) is 28.8 Å². The molecule has 0 radical (unpaired) electrons. The van der Waals surface area contributed by atoms with E-state index >= 15 is 0 Å². The van der Waals surface area contributed by atoms with Crippen LogP contribution in [0.5, 0.6) is 0 Å². The Kier molecular flexibility index (Phi) is 5.51. The zero-order valence-corrected chi connectivity index (χ0v) is 12.5. The van der Waals surface area contributed by atoms with Crippen LogP contribution in [0.4, 0.5) is 5.69 Å². The highest BCUT2D eigenvalue weighted by atomic mass is 16.1. The monoisotopic (exact) mass is 286 g/mol. The molecular formula is C16H22N4O. The molecule has 0 saturated carbocycles. The summed E-state index contributed by atoms with van der Waals surface area (Å²) in [6, 6.07) is 9.77. The van der Waals surface area contributed by atoms with Gasteiger partial charge in [-0.05, 0) is 30.3 Å². The van der Waals surface area contributed by atoms with Crippen LogP contribution in [0.3, 0.4) is 0 Å². The average Bonchev–Trinajstić information content (AvgIpc) is 2.99. The van der Waals surface area contributed by atoms with Crippen molar-refractivity contribution in [3.8, 4) is 0 Å². The molecule has 1 heterocycles. The second-order valence-electron chi connectivity index (χ2n) is 5.10. The van der Waals surface area contributed by atoms with Gasteiger partial charge in [-0.1, -0.05) is 26.0 Å². The molecule has 0 spiro atoms. The van der Waals surface area contributed by atoms with Gasteiger partial charge in [-0.15, -0.1) is 0 Å². The lowest BCUT2D eigenvalue weighted by molar-refractivity contribution is -0.119. The van der Waals surface area contributed by atoms with Crippen molar-refractivity contribution in [1.82, 2.24) is 15.1 Å². The summed E-state index contributed by atoms with van der Waals surface area (Å²) < 4.78 is 1.87. The molecule has 0 saturated heterocycles. The average molecular weight is 286 g/mol. The molecule has 0 aliphatic carbocycles. The van der Waals surface area contributed by atoms with E-state index in [2.05, 4.69) is 15.7 Å². The van der Waals surface area contributed by atoms with Crippen LogP contribution in [0.2, 0.25) is 0 Å². The molecule has 1 amide bonds. The number of aromatic nitrogens is 2. The van der Waals surface area contributed by atoms with Gasteiger partial charge < -0.3 is 10.6 Å². The lowest BCUT2D eigenvalue weighted by atomic mass is 10.1. The minimum atomic E-state index is -0.0475. The van der Waals surface area contributed by atoms with E-state index in [0.717, 1.165) is 24.3 Å². The van der Waals surface area contributed by atoms with E-state index in [9.17, 15) is 4.79 Å². The van der Waals surface area contributed by atoms with Gasteiger partial charge in [0.2, 0.25) is 5.91 Å². The van der Waals surface area contributed by atoms with Gasteiger partial charge >= 0.3 is 0 Å². The molecule has 21 heavy (non-hydrogen) atoms. The molecule has 0 fully saturated rings. The van der Waals surface area contributed by atoms with Gasteiger partial charge in [0.05, 0.1) is 6.54 Å². The first-order valence-electron chi connectivity index (χ1n) is 7.27. The molecule has 1 aromatic carbocycles. The number of hydrogen-bond donors (Lipinski definition) is 2. The molecule has 2 N–H and O–H groups in total. The summed E-state index contributed by atoms with van der Waals surface area (Å²) in [6.45, 7) is 6.25. The second kappa shape index (κ2) is 7.59. The molecular weight excluding hydrogens is 264 g/mol. The molecule has 0 bridgehead atoms. The van der Waals surface area contributed by atoms with E-state index in [0.29, 0.717) is 6.54 Å². The van der Waals surface area contributed by atoms with E-state index in [1.807, 2.05) is 55.1 Å². The van der Waals surface area contributed by atoms with E-state index in [4.69, 9.17) is 0 Å². The molecule has 2 rings (SSSR count). The van der Waals surface area contributed by atoms with Crippen molar-refractivity contribution in [2.24, 2.45) is 5.92 Å². The second-order valence-corrected chi connectivity index (χ2v) is 5.10. The number of hydrogen-bond acceptors (Lipinski definition) is 3. The Morgan fingerprint density at radius 2 is 2.10 bits per heavy atom. The van der Waals surface area contributed by atoms with Crippen molar-refractivity contribution in [2.75, 3.05) is 18.4 Å². The van der Waals surface area contributed by atoms with Gasteiger partial charge in [0.1, 0.15) is 0 Å². The molecule has 1 atom stereocenters. The summed E-state index contributed by atoms with van der Waals surface area (Å²) in [7, 11) is 0. The van der Waals surface area contributed by atoms with E-state index in [1.165, 1.54) is 0 Å². The summed E-state index contributed by atoms with van der Waals surface area (Å²) >= 11 is 0. The van der Waals surface area contributed by atoms with Crippen LogP contribution in [0.25, 0.3) is 0 Å². The molecule has 1 aromatic heterocycles. The quantitative estimate of drug-likeness (QED) is 0.819. The number of nitrogens with one attached hydrogen (secondary N) is 2. The van der Waals surface area contributed by atoms with Crippen LogP contribution in [0.1, 0.15) is 19.4 Å². The SMILES string of the molecule is CCNCC(C)C(=O)Nc1ccc(Cn2cccn2)cc1. The van der Waals surface area contributed by atoms with Gasteiger partial charge in [0, 0.05) is 30.5 Å². The Morgan fingerprint density at radius 3 is 2.71 bits per heavy atom. The number of anilines is 1. The van der Waals surface area contributed by atoms with Crippen molar-refractivity contribution in [3.63, 3.8) is 0 Å². The highest BCUT2D eigenvalue weighted by Gasteiger charge is 2.12. The fourth-order valence-corrected chi connectivity index (χ4v) is 1.99. The Balaban J connectivity index is 1.88. The minimum Gasteiger partial charge on any atom is -0.326 e. The first-order valence-corrected chi connectivity index (χ1v) is 7.27. The number of rotatable bonds is 7. The van der Waals surface area contributed by atoms with Crippen molar-refractivity contribution < 1.29 is 4.79 Å². The Labute approximate surface area is 125 Å². The highest BCUT2D eigenvalue weighted by molar-refractivity contribution is 5.92. The van der Waals surface area contributed by atoms with Gasteiger partial charge in [-0.3, -0.25) is 9.48 Å². The zero-order chi connectivity index (χ0) is 15.1. The zero-order valence-electron chi connectivity index (χ0n) is 12.5. The highest BCUT2D eigenvalue weighted by Crippen LogP contribution is 2.11. The van der Waals surface area contributed by atoms with Crippen molar-refractivity contribution >= 4 is 11.6 Å². The topological polar surface area (TPSA) is 59.0 Å². The van der Waals surface area contributed by atoms with Gasteiger partial charge in [0.25, 0.3) is 0 Å². The summed E-state index contributed by atoms with van der Waals surface area (Å²) in [5.41, 5.74) is 1.98. The van der Waals surface area contributed by atoms with E-state index in [1.54, 1.807) is 6.20 Å². The van der Waals surface area contributed by atoms with Crippen molar-refractivity contribution in [3.05, 3.63) is 48.3 Å². The maximum Gasteiger partial charge on any atom is 0.228 e. The molecule has 0 aliphatic rings. The predicted molar refractivity (Wildman–Crippen MR) is 84.1 cm³/mol. The number of amides is 1. The molecule has 1 unspecified atom stereocenters. The van der Waals surface area contributed by atoms with Crippen LogP contribution in [-0.2, 0) is 11.3 Å². The minimum absolute atomic E-state index is 0.0378. The van der Waals surface area contributed by atoms with Gasteiger partial charge in [-0.2, -0.15) is 5.10 Å². The summed E-state index contributed by atoms with van der Waals surface area (Å²) in [4.78, 5) is 12.0. The largest absolute Gasteiger partial charge is 0.326 e. The summed E-state index contributed by atoms with van der Waals surface area (Å²) in [5, 5.41) is 10.3. The standard InChI is InChI=1S/C16H22N4O/c1-3-17-11-13(2)16(21)19-15-7-5-14(6-8-15)12-20-10-4-9-18-20/h4-10,13,17H,3,11-12H2,1-2H3,(H,19,21). The third-order valence-electron chi connectivity index (χ3n) is 3.27. The first kappa shape index (κ1) is 15.3. The number of benzene rings is 1. The number of carbonyl (C=O) groups is 1. The number of nitrogens with zero attached hydrogens (tertiary/aromatic N) is 2. The van der Waals surface area contributed by atoms with Gasteiger partial charge in [-0.25, -0.2) is 0 Å². The summed E-state index contributed by atoms with van der Waals surface area (Å²) in [6.07, 6.45) is 3.69.